The highest BCUT2D eigenvalue weighted by molar-refractivity contribution is 7.17. The minimum Gasteiger partial charge on any atom is -0.465 e. The van der Waals surface area contributed by atoms with Crippen LogP contribution in [0.1, 0.15) is 48.5 Å². The number of carbonyl (C=O) groups excluding carboxylic acids is 2. The number of esters is 1. The fourth-order valence-corrected chi connectivity index (χ4v) is 6.05. The number of rotatable bonds is 4. The molecule has 0 saturated heterocycles. The van der Waals surface area contributed by atoms with E-state index >= 15 is 0 Å². The van der Waals surface area contributed by atoms with Crippen molar-refractivity contribution in [1.82, 2.24) is 24.0 Å². The monoisotopic (exact) mass is 488 g/mol. The van der Waals surface area contributed by atoms with Crippen molar-refractivity contribution < 1.29 is 14.3 Å². The first-order chi connectivity index (χ1) is 15.8. The van der Waals surface area contributed by atoms with Crippen LogP contribution in [0.2, 0.25) is 0 Å². The number of aromatic nitrogens is 4. The summed E-state index contributed by atoms with van der Waals surface area (Å²) in [7, 11) is 4.20. The normalized spacial score (nSPS) is 16.3. The molecule has 182 valence electrons. The lowest BCUT2D eigenvalue weighted by atomic mass is 9.81. The summed E-state index contributed by atoms with van der Waals surface area (Å²) in [5.74, 6) is -0.956. The molecule has 0 aliphatic carbocycles. The summed E-state index contributed by atoms with van der Waals surface area (Å²) in [5, 5.41) is 6.82. The van der Waals surface area contributed by atoms with Gasteiger partial charge in [0.25, 0.3) is 5.56 Å². The topological polar surface area (TPSA) is 129 Å². The fraction of sp³-hybridized carbons (Fsp3) is 0.500. The van der Waals surface area contributed by atoms with E-state index in [1.807, 2.05) is 13.8 Å². The van der Waals surface area contributed by atoms with Crippen molar-refractivity contribution in [3.8, 4) is 0 Å². The van der Waals surface area contributed by atoms with Gasteiger partial charge in [-0.3, -0.25) is 18.7 Å². The first-order valence-electron chi connectivity index (χ1n) is 10.7. The summed E-state index contributed by atoms with van der Waals surface area (Å²) in [4.78, 5) is 55.7. The zero-order valence-electron chi connectivity index (χ0n) is 20.2. The Kier molecular flexibility index (Phi) is 5.56. The van der Waals surface area contributed by atoms with E-state index < -0.39 is 28.7 Å². The summed E-state index contributed by atoms with van der Waals surface area (Å²) < 4.78 is 8.66. The van der Waals surface area contributed by atoms with Crippen LogP contribution in [0.25, 0.3) is 11.2 Å². The van der Waals surface area contributed by atoms with E-state index in [0.29, 0.717) is 17.0 Å². The molecule has 0 fully saturated rings. The molecule has 0 atom stereocenters. The maximum atomic E-state index is 13.0. The summed E-state index contributed by atoms with van der Waals surface area (Å²) in [6, 6.07) is 0. The van der Waals surface area contributed by atoms with Gasteiger partial charge in [-0.1, -0.05) is 0 Å². The molecule has 2 N–H and O–H groups in total. The highest BCUT2D eigenvalue weighted by atomic mass is 32.1. The minimum atomic E-state index is -0.541. The Balaban J connectivity index is 1.73. The molecule has 1 amide bonds. The summed E-state index contributed by atoms with van der Waals surface area (Å²) in [6.07, 6.45) is 1.94. The highest BCUT2D eigenvalue weighted by Crippen LogP contribution is 2.45. The molecule has 0 unspecified atom stereocenters. The number of anilines is 1. The van der Waals surface area contributed by atoms with E-state index in [4.69, 9.17) is 4.74 Å². The molecule has 0 bridgehead atoms. The van der Waals surface area contributed by atoms with Gasteiger partial charge >= 0.3 is 11.7 Å². The second-order valence-electron chi connectivity index (χ2n) is 9.71. The Morgan fingerprint density at radius 1 is 1.21 bits per heavy atom. The van der Waals surface area contributed by atoms with Gasteiger partial charge in [-0.25, -0.2) is 14.6 Å². The average Bonchev–Trinajstić information content (AvgIpc) is 3.30. The zero-order chi connectivity index (χ0) is 25.2. The van der Waals surface area contributed by atoms with E-state index in [-0.39, 0.29) is 23.2 Å². The van der Waals surface area contributed by atoms with Crippen LogP contribution in [-0.2, 0) is 42.1 Å². The molecular formula is C22H28N6O5S. The van der Waals surface area contributed by atoms with Crippen molar-refractivity contribution in [3.05, 3.63) is 43.2 Å². The second-order valence-corrected chi connectivity index (χ2v) is 10.7. The number of carbonyl (C=O) groups is 2. The van der Waals surface area contributed by atoms with Crippen LogP contribution < -0.4 is 21.9 Å². The number of amides is 1. The lowest BCUT2D eigenvalue weighted by Gasteiger charge is -2.42. The number of hydrogen-bond acceptors (Lipinski definition) is 8. The predicted octanol–water partition coefficient (Wildman–Crippen LogP) is 1.08. The van der Waals surface area contributed by atoms with E-state index in [1.54, 1.807) is 0 Å². The van der Waals surface area contributed by atoms with Gasteiger partial charge in [0.05, 0.1) is 19.0 Å². The maximum absolute atomic E-state index is 13.0. The van der Waals surface area contributed by atoms with Crippen molar-refractivity contribution in [2.45, 2.75) is 51.7 Å². The molecule has 3 aromatic heterocycles. The molecule has 4 heterocycles. The number of ether oxygens (including phenoxy) is 1. The Bertz CT molecular complexity index is 1450. The molecule has 0 saturated carbocycles. The molecular weight excluding hydrogens is 460 g/mol. The van der Waals surface area contributed by atoms with Crippen molar-refractivity contribution in [2.75, 3.05) is 12.4 Å². The van der Waals surface area contributed by atoms with Crippen LogP contribution >= 0.6 is 11.3 Å². The van der Waals surface area contributed by atoms with Gasteiger partial charge in [-0.05, 0) is 39.7 Å². The molecule has 0 aromatic carbocycles. The van der Waals surface area contributed by atoms with Crippen LogP contribution in [0.4, 0.5) is 5.00 Å². The Labute approximate surface area is 199 Å². The smallest absolute Gasteiger partial charge is 0.341 e. The van der Waals surface area contributed by atoms with E-state index in [9.17, 15) is 19.2 Å². The first kappa shape index (κ1) is 23.9. The van der Waals surface area contributed by atoms with Crippen LogP contribution in [0.15, 0.2) is 15.9 Å². The van der Waals surface area contributed by atoms with E-state index in [2.05, 4.69) is 29.5 Å². The standard InChI is InChI=1S/C22H28N6O5S/c1-21(2)8-11-13(19(31)33-7)17(34-15(11)22(3,4)25-21)24-12(29)9-28-10-23-16-14(28)18(30)27(6)20(32)26(16)5/h10,25H,8-9H2,1-7H3,(H,24,29). The Hall–Kier alpha value is -3.25. The first-order valence-corrected chi connectivity index (χ1v) is 11.5. The number of methoxy groups -OCH3 is 1. The Morgan fingerprint density at radius 3 is 2.53 bits per heavy atom. The van der Waals surface area contributed by atoms with Crippen LogP contribution in [0, 0.1) is 0 Å². The molecule has 1 aliphatic rings. The third-order valence-corrected chi connectivity index (χ3v) is 7.49. The highest BCUT2D eigenvalue weighted by Gasteiger charge is 2.42. The van der Waals surface area contributed by atoms with E-state index in [1.165, 1.54) is 48.0 Å². The molecule has 1 aliphatic heterocycles. The quantitative estimate of drug-likeness (QED) is 0.526. The third kappa shape index (κ3) is 3.76. The molecule has 0 radical (unpaired) electrons. The van der Waals surface area contributed by atoms with Crippen LogP contribution in [0.5, 0.6) is 0 Å². The molecule has 3 aromatic rings. The van der Waals surface area contributed by atoms with Gasteiger partial charge in [0, 0.05) is 30.1 Å². The molecule has 4 rings (SSSR count). The maximum Gasteiger partial charge on any atom is 0.341 e. The van der Waals surface area contributed by atoms with Gasteiger partial charge in [-0.2, -0.15) is 0 Å². The number of imidazole rings is 1. The van der Waals surface area contributed by atoms with Gasteiger partial charge in [0.15, 0.2) is 11.2 Å². The fourth-order valence-electron chi connectivity index (χ4n) is 4.77. The number of thiophene rings is 1. The minimum absolute atomic E-state index is 0.144. The number of nitrogens with one attached hydrogen (secondary N) is 2. The van der Waals surface area contributed by atoms with Crippen molar-refractivity contribution in [1.29, 1.82) is 0 Å². The molecule has 11 nitrogen and oxygen atoms in total. The molecule has 12 heteroatoms. The van der Waals surface area contributed by atoms with Crippen molar-refractivity contribution >= 4 is 39.4 Å². The number of hydrogen-bond donors (Lipinski definition) is 2. The van der Waals surface area contributed by atoms with Crippen LogP contribution in [-0.4, -0.2) is 43.2 Å². The predicted molar refractivity (Wildman–Crippen MR) is 128 cm³/mol. The number of aryl methyl sites for hydroxylation is 1. The lowest BCUT2D eigenvalue weighted by Crippen LogP contribution is -2.55. The average molecular weight is 489 g/mol. The third-order valence-electron chi connectivity index (χ3n) is 6.02. The molecule has 0 spiro atoms. The zero-order valence-corrected chi connectivity index (χ0v) is 21.0. The SMILES string of the molecule is COC(=O)c1c(NC(=O)Cn2cnc3c2c(=O)n(C)c(=O)n3C)sc2c1CC(C)(C)NC2(C)C. The summed E-state index contributed by atoms with van der Waals surface area (Å²) >= 11 is 1.34. The molecule has 34 heavy (non-hydrogen) atoms. The van der Waals surface area contributed by atoms with E-state index in [0.717, 1.165) is 15.0 Å². The summed E-state index contributed by atoms with van der Waals surface area (Å²) in [6.45, 7) is 7.97. The Morgan fingerprint density at radius 2 is 1.88 bits per heavy atom. The number of fused-ring (bicyclic) bond motifs is 2. The van der Waals surface area contributed by atoms with Gasteiger partial charge in [-0.15, -0.1) is 11.3 Å². The van der Waals surface area contributed by atoms with Gasteiger partial charge < -0.3 is 19.9 Å². The van der Waals surface area contributed by atoms with Crippen molar-refractivity contribution in [2.24, 2.45) is 14.1 Å². The summed E-state index contributed by atoms with van der Waals surface area (Å²) in [5.41, 5.74) is -0.162. The second kappa shape index (κ2) is 7.91. The van der Waals surface area contributed by atoms with Crippen LogP contribution in [0.3, 0.4) is 0 Å². The lowest BCUT2D eigenvalue weighted by molar-refractivity contribution is -0.116. The van der Waals surface area contributed by atoms with Crippen molar-refractivity contribution in [3.63, 3.8) is 0 Å². The van der Waals surface area contributed by atoms with Gasteiger partial charge in [0.2, 0.25) is 5.91 Å². The van der Waals surface area contributed by atoms with Gasteiger partial charge in [0.1, 0.15) is 11.5 Å². The number of nitrogens with zero attached hydrogens (tertiary/aromatic N) is 4. The largest absolute Gasteiger partial charge is 0.465 e.